The Labute approximate surface area is 197 Å². The van der Waals surface area contributed by atoms with E-state index < -0.39 is 34.4 Å². The van der Waals surface area contributed by atoms with Crippen LogP contribution in [-0.2, 0) is 6.54 Å². The third kappa shape index (κ3) is 4.27. The molecule has 178 valence electrons. The van der Waals surface area contributed by atoms with Crippen LogP contribution in [0.1, 0.15) is 15.9 Å². The SMILES string of the molecule is O=C(c1cc(Cn2c(=O)[nH]c(=O)c3ccccc32)cc(F)c1F)N1CCN(c2ncccn2)CC1. The Kier molecular flexibility index (Phi) is 5.81. The predicted octanol–water partition coefficient (Wildman–Crippen LogP) is 1.77. The summed E-state index contributed by atoms with van der Waals surface area (Å²) in [5.41, 5.74) is -1.08. The van der Waals surface area contributed by atoms with E-state index in [1.165, 1.54) is 15.5 Å². The lowest BCUT2D eigenvalue weighted by atomic mass is 10.1. The van der Waals surface area contributed by atoms with Gasteiger partial charge in [-0.15, -0.1) is 0 Å². The van der Waals surface area contributed by atoms with E-state index in [9.17, 15) is 23.2 Å². The van der Waals surface area contributed by atoms with Crippen LogP contribution in [0, 0.1) is 11.6 Å². The molecule has 9 nitrogen and oxygen atoms in total. The largest absolute Gasteiger partial charge is 0.337 e. The number of anilines is 1. The first-order valence-corrected chi connectivity index (χ1v) is 10.9. The summed E-state index contributed by atoms with van der Waals surface area (Å²) in [5.74, 6) is -2.54. The van der Waals surface area contributed by atoms with Crippen molar-refractivity contribution in [2.24, 2.45) is 0 Å². The molecule has 0 aliphatic carbocycles. The van der Waals surface area contributed by atoms with E-state index in [4.69, 9.17) is 0 Å². The van der Waals surface area contributed by atoms with E-state index >= 15 is 0 Å². The fourth-order valence-electron chi connectivity index (χ4n) is 4.21. The summed E-state index contributed by atoms with van der Waals surface area (Å²) >= 11 is 0. The number of aromatic amines is 1. The first-order chi connectivity index (χ1) is 16.9. The van der Waals surface area contributed by atoms with Crippen molar-refractivity contribution in [1.29, 1.82) is 0 Å². The van der Waals surface area contributed by atoms with Gasteiger partial charge in [0.1, 0.15) is 0 Å². The topological polar surface area (TPSA) is 104 Å². The third-order valence-corrected chi connectivity index (χ3v) is 5.97. The van der Waals surface area contributed by atoms with E-state index in [-0.39, 0.29) is 30.6 Å². The van der Waals surface area contributed by atoms with Crippen molar-refractivity contribution in [1.82, 2.24) is 24.4 Å². The zero-order valence-electron chi connectivity index (χ0n) is 18.4. The van der Waals surface area contributed by atoms with Gasteiger partial charge < -0.3 is 9.80 Å². The Bertz CT molecular complexity index is 1530. The number of hydrogen-bond donors (Lipinski definition) is 1. The van der Waals surface area contributed by atoms with Crippen molar-refractivity contribution in [2.75, 3.05) is 31.1 Å². The molecule has 1 aliphatic rings. The van der Waals surface area contributed by atoms with Crippen LogP contribution in [-0.4, -0.2) is 56.5 Å². The third-order valence-electron chi connectivity index (χ3n) is 5.97. The molecule has 0 bridgehead atoms. The monoisotopic (exact) mass is 478 g/mol. The number of halogens is 2. The lowest BCUT2D eigenvalue weighted by molar-refractivity contribution is 0.0740. The van der Waals surface area contributed by atoms with Crippen molar-refractivity contribution in [3.05, 3.63) is 98.5 Å². The number of benzene rings is 2. The van der Waals surface area contributed by atoms with Gasteiger partial charge in [0.15, 0.2) is 11.6 Å². The standard InChI is InChI=1S/C24H20F2N6O3/c25-18-13-15(14-32-19-5-2-1-4-16(19)21(33)29-24(32)35)12-17(20(18)26)22(34)30-8-10-31(11-9-30)23-27-6-3-7-28-23/h1-7,12-13H,8-11,14H2,(H,29,33,35). The van der Waals surface area contributed by atoms with E-state index in [2.05, 4.69) is 15.0 Å². The molecular weight excluding hydrogens is 458 g/mol. The Morgan fingerprint density at radius 1 is 0.971 bits per heavy atom. The molecular formula is C24H20F2N6O3. The number of carbonyl (C=O) groups is 1. The first-order valence-electron chi connectivity index (χ1n) is 10.9. The maximum Gasteiger partial charge on any atom is 0.329 e. The second-order valence-corrected chi connectivity index (χ2v) is 8.13. The number of hydrogen-bond acceptors (Lipinski definition) is 6. The Hall–Kier alpha value is -4.41. The highest BCUT2D eigenvalue weighted by molar-refractivity contribution is 5.95. The van der Waals surface area contributed by atoms with Crippen LogP contribution in [0.5, 0.6) is 0 Å². The fraction of sp³-hybridized carbons (Fsp3) is 0.208. The molecule has 0 saturated carbocycles. The number of rotatable bonds is 4. The molecule has 1 amide bonds. The summed E-state index contributed by atoms with van der Waals surface area (Å²) in [6, 6.07) is 10.4. The van der Waals surface area contributed by atoms with Crippen LogP contribution in [0.25, 0.3) is 10.9 Å². The molecule has 3 heterocycles. The number of nitrogens with one attached hydrogen (secondary N) is 1. The van der Waals surface area contributed by atoms with E-state index in [1.807, 2.05) is 4.90 Å². The molecule has 1 aliphatic heterocycles. The average molecular weight is 478 g/mol. The van der Waals surface area contributed by atoms with Crippen molar-refractivity contribution in [2.45, 2.75) is 6.54 Å². The quantitative estimate of drug-likeness (QED) is 0.480. The van der Waals surface area contributed by atoms with Gasteiger partial charge in [0.25, 0.3) is 11.5 Å². The molecule has 0 radical (unpaired) electrons. The van der Waals surface area contributed by atoms with E-state index in [0.717, 1.165) is 6.07 Å². The molecule has 11 heteroatoms. The number of piperazine rings is 1. The molecule has 0 atom stereocenters. The molecule has 4 aromatic rings. The van der Waals surface area contributed by atoms with Crippen molar-refractivity contribution >= 4 is 22.8 Å². The van der Waals surface area contributed by atoms with Crippen LogP contribution >= 0.6 is 0 Å². The zero-order chi connectivity index (χ0) is 24.5. The highest BCUT2D eigenvalue weighted by Crippen LogP contribution is 2.20. The lowest BCUT2D eigenvalue weighted by Crippen LogP contribution is -2.49. The Morgan fingerprint density at radius 3 is 2.43 bits per heavy atom. The summed E-state index contributed by atoms with van der Waals surface area (Å²) < 4.78 is 30.4. The highest BCUT2D eigenvalue weighted by atomic mass is 19.2. The minimum atomic E-state index is -1.24. The van der Waals surface area contributed by atoms with E-state index in [1.54, 1.807) is 42.7 Å². The molecule has 1 fully saturated rings. The molecule has 1 saturated heterocycles. The minimum absolute atomic E-state index is 0.160. The number of para-hydroxylation sites is 1. The summed E-state index contributed by atoms with van der Waals surface area (Å²) in [6.45, 7) is 1.29. The predicted molar refractivity (Wildman–Crippen MR) is 124 cm³/mol. The van der Waals surface area contributed by atoms with Crippen molar-refractivity contribution in [3.8, 4) is 0 Å². The lowest BCUT2D eigenvalue weighted by Gasteiger charge is -2.34. The normalized spacial score (nSPS) is 13.9. The molecule has 2 aromatic carbocycles. The smallest absolute Gasteiger partial charge is 0.329 e. The molecule has 2 aromatic heterocycles. The average Bonchev–Trinajstić information content (AvgIpc) is 2.88. The molecule has 0 spiro atoms. The second-order valence-electron chi connectivity index (χ2n) is 8.13. The van der Waals surface area contributed by atoms with Gasteiger partial charge in [-0.3, -0.25) is 19.1 Å². The number of nitrogens with zero attached hydrogens (tertiary/aromatic N) is 5. The first kappa shape index (κ1) is 22.4. The maximum absolute atomic E-state index is 14.7. The number of fused-ring (bicyclic) bond motifs is 1. The van der Waals surface area contributed by atoms with Crippen LogP contribution in [0.2, 0.25) is 0 Å². The highest BCUT2D eigenvalue weighted by Gasteiger charge is 2.27. The van der Waals surface area contributed by atoms with Gasteiger partial charge >= 0.3 is 5.69 Å². The van der Waals surface area contributed by atoms with Gasteiger partial charge in [0.05, 0.1) is 23.0 Å². The minimum Gasteiger partial charge on any atom is -0.337 e. The second kappa shape index (κ2) is 9.09. The Morgan fingerprint density at radius 2 is 1.69 bits per heavy atom. The van der Waals surface area contributed by atoms with Gasteiger partial charge in [0.2, 0.25) is 5.95 Å². The van der Waals surface area contributed by atoms with E-state index in [0.29, 0.717) is 24.6 Å². The Balaban J connectivity index is 1.42. The fourth-order valence-corrected chi connectivity index (χ4v) is 4.21. The van der Waals surface area contributed by atoms with Gasteiger partial charge in [-0.2, -0.15) is 0 Å². The van der Waals surface area contributed by atoms with Crippen LogP contribution in [0.15, 0.2) is 64.4 Å². The van der Waals surface area contributed by atoms with Crippen molar-refractivity contribution in [3.63, 3.8) is 0 Å². The molecule has 1 N–H and O–H groups in total. The zero-order valence-corrected chi connectivity index (χ0v) is 18.4. The number of carbonyl (C=O) groups excluding carboxylic acids is 1. The summed E-state index contributed by atoms with van der Waals surface area (Å²) in [7, 11) is 0. The summed E-state index contributed by atoms with van der Waals surface area (Å²) in [5, 5.41) is 0.284. The molecule has 5 rings (SSSR count). The summed E-state index contributed by atoms with van der Waals surface area (Å²) in [6.07, 6.45) is 3.25. The number of amides is 1. The van der Waals surface area contributed by atoms with Crippen LogP contribution < -0.4 is 16.1 Å². The maximum atomic E-state index is 14.7. The van der Waals surface area contributed by atoms with Gasteiger partial charge in [-0.25, -0.2) is 23.5 Å². The number of H-pyrrole nitrogens is 1. The van der Waals surface area contributed by atoms with Gasteiger partial charge in [-0.05, 0) is 35.9 Å². The molecule has 0 unspecified atom stereocenters. The molecule has 35 heavy (non-hydrogen) atoms. The summed E-state index contributed by atoms with van der Waals surface area (Å²) in [4.78, 5) is 51.6. The van der Waals surface area contributed by atoms with Crippen LogP contribution in [0.4, 0.5) is 14.7 Å². The van der Waals surface area contributed by atoms with Crippen LogP contribution in [0.3, 0.4) is 0 Å². The van der Waals surface area contributed by atoms with Gasteiger partial charge in [0, 0.05) is 38.6 Å². The van der Waals surface area contributed by atoms with Crippen molar-refractivity contribution < 1.29 is 13.6 Å². The van der Waals surface area contributed by atoms with Gasteiger partial charge in [-0.1, -0.05) is 12.1 Å². The number of aromatic nitrogens is 4.